The maximum Gasteiger partial charge on any atom is 0.0764 e. The summed E-state index contributed by atoms with van der Waals surface area (Å²) in [6, 6.07) is 39.1. The van der Waals surface area contributed by atoms with Gasteiger partial charge in [0.25, 0.3) is 0 Å². The van der Waals surface area contributed by atoms with Crippen LogP contribution in [0.2, 0.25) is 0 Å². The van der Waals surface area contributed by atoms with E-state index in [2.05, 4.69) is 128 Å². The lowest BCUT2D eigenvalue weighted by atomic mass is 9.97. The minimum Gasteiger partial charge on any atom is -0.378 e. The molecule has 0 aliphatic rings. The molecule has 4 aromatic rings. The second-order valence-electron chi connectivity index (χ2n) is 8.48. The van der Waals surface area contributed by atoms with Crippen LogP contribution in [0.5, 0.6) is 0 Å². The number of benzene rings is 4. The van der Waals surface area contributed by atoms with Gasteiger partial charge in [-0.15, -0.1) is 0 Å². The molecule has 0 saturated heterocycles. The molecular weight excluding hydrogens is 386 g/mol. The van der Waals surface area contributed by atoms with Crippen LogP contribution in [0.1, 0.15) is 39.4 Å². The van der Waals surface area contributed by atoms with Crippen molar-refractivity contribution in [3.63, 3.8) is 0 Å². The van der Waals surface area contributed by atoms with Crippen LogP contribution in [-0.2, 0) is 19.3 Å². The highest BCUT2D eigenvalue weighted by Crippen LogP contribution is 2.24. The van der Waals surface area contributed by atoms with Crippen molar-refractivity contribution in [1.82, 2.24) is 5.32 Å². The van der Waals surface area contributed by atoms with Crippen LogP contribution in [0.4, 0.5) is 0 Å². The van der Waals surface area contributed by atoms with E-state index in [4.69, 9.17) is 0 Å². The summed E-state index contributed by atoms with van der Waals surface area (Å²) in [5.41, 5.74) is 8.83. The minimum atomic E-state index is 0.0921. The second-order valence-corrected chi connectivity index (χ2v) is 8.48. The topological polar surface area (TPSA) is 12.0 Å². The van der Waals surface area contributed by atoms with Crippen molar-refractivity contribution in [1.29, 1.82) is 0 Å². The number of rotatable bonds is 9. The summed E-state index contributed by atoms with van der Waals surface area (Å²) in [5, 5.41) is 3.68. The number of allylic oxidation sites excluding steroid dienone is 1. The Morgan fingerprint density at radius 3 is 1.75 bits per heavy atom. The molecule has 0 aliphatic carbocycles. The number of hydrogen-bond donors (Lipinski definition) is 1. The first-order chi connectivity index (χ1) is 15.7. The van der Waals surface area contributed by atoms with Gasteiger partial charge < -0.3 is 5.32 Å². The third-order valence-electron chi connectivity index (χ3n) is 5.88. The van der Waals surface area contributed by atoms with E-state index in [9.17, 15) is 0 Å². The molecule has 0 aromatic heterocycles. The summed E-state index contributed by atoms with van der Waals surface area (Å²) in [6.45, 7) is 6.47. The summed E-state index contributed by atoms with van der Waals surface area (Å²) < 4.78 is 0. The van der Waals surface area contributed by atoms with E-state index < -0.39 is 0 Å². The van der Waals surface area contributed by atoms with Gasteiger partial charge in [0, 0.05) is 12.1 Å². The Hall–Kier alpha value is -3.58. The van der Waals surface area contributed by atoms with Crippen LogP contribution in [-0.4, -0.2) is 0 Å². The first-order valence-electron chi connectivity index (χ1n) is 11.3. The van der Waals surface area contributed by atoms with Crippen LogP contribution in [0.3, 0.4) is 0 Å². The quantitative estimate of drug-likeness (QED) is 0.303. The van der Waals surface area contributed by atoms with Crippen LogP contribution >= 0.6 is 0 Å². The van der Waals surface area contributed by atoms with Gasteiger partial charge in [0.15, 0.2) is 0 Å². The molecule has 1 atom stereocenters. The van der Waals surface area contributed by atoms with Gasteiger partial charge in [0.1, 0.15) is 0 Å². The predicted molar refractivity (Wildman–Crippen MR) is 136 cm³/mol. The number of hydrogen-bond acceptors (Lipinski definition) is 1. The molecule has 0 aliphatic heterocycles. The lowest BCUT2D eigenvalue weighted by Gasteiger charge is -2.23. The van der Waals surface area contributed by atoms with E-state index in [1.807, 2.05) is 0 Å². The largest absolute Gasteiger partial charge is 0.378 e. The van der Waals surface area contributed by atoms with Crippen LogP contribution in [0.25, 0.3) is 0 Å². The molecule has 0 bridgehead atoms. The summed E-state index contributed by atoms with van der Waals surface area (Å²) >= 11 is 0. The molecule has 0 heterocycles. The highest BCUT2D eigenvalue weighted by atomic mass is 14.9. The second kappa shape index (κ2) is 10.6. The highest BCUT2D eigenvalue weighted by Gasteiger charge is 2.14. The van der Waals surface area contributed by atoms with E-state index in [0.29, 0.717) is 0 Å². The molecule has 1 N–H and O–H groups in total. The zero-order chi connectivity index (χ0) is 22.2. The molecule has 0 fully saturated rings. The first-order valence-corrected chi connectivity index (χ1v) is 11.3. The Kier molecular flexibility index (Phi) is 7.19. The van der Waals surface area contributed by atoms with Crippen molar-refractivity contribution in [3.8, 4) is 0 Å². The zero-order valence-corrected chi connectivity index (χ0v) is 18.8. The van der Waals surface area contributed by atoms with Crippen LogP contribution in [0.15, 0.2) is 121 Å². The van der Waals surface area contributed by atoms with E-state index in [-0.39, 0.29) is 6.04 Å². The fourth-order valence-corrected chi connectivity index (χ4v) is 4.02. The SMILES string of the molecule is C=C(Cc1ccc(CCc2ccccc2)cc1)NC(c1ccccc1)c1ccc(C)cc1. The van der Waals surface area contributed by atoms with Crippen molar-refractivity contribution < 1.29 is 0 Å². The monoisotopic (exact) mass is 417 g/mol. The molecule has 0 saturated carbocycles. The fourth-order valence-electron chi connectivity index (χ4n) is 4.02. The molecule has 0 amide bonds. The summed E-state index contributed by atoms with van der Waals surface area (Å²) in [5.74, 6) is 0. The smallest absolute Gasteiger partial charge is 0.0764 e. The highest BCUT2D eigenvalue weighted by molar-refractivity contribution is 5.35. The number of aryl methyl sites for hydroxylation is 3. The standard InChI is InChI=1S/C31H31N/c1-24-13-21-30(22-14-24)31(29-11-7-4-8-12-29)32-25(2)23-28-19-17-27(18-20-28)16-15-26-9-5-3-6-10-26/h3-14,17-22,31-32H,2,15-16,23H2,1H3. The molecule has 1 unspecified atom stereocenters. The Morgan fingerprint density at radius 2 is 1.12 bits per heavy atom. The van der Waals surface area contributed by atoms with Crippen molar-refractivity contribution in [3.05, 3.63) is 155 Å². The van der Waals surface area contributed by atoms with E-state index >= 15 is 0 Å². The maximum absolute atomic E-state index is 4.35. The zero-order valence-electron chi connectivity index (χ0n) is 18.8. The van der Waals surface area contributed by atoms with Gasteiger partial charge >= 0.3 is 0 Å². The molecule has 0 radical (unpaired) electrons. The lowest BCUT2D eigenvalue weighted by Crippen LogP contribution is -2.22. The minimum absolute atomic E-state index is 0.0921. The van der Waals surface area contributed by atoms with Crippen molar-refractivity contribution in [2.75, 3.05) is 0 Å². The molecule has 1 heteroatoms. The molecule has 1 nitrogen and oxygen atoms in total. The summed E-state index contributed by atoms with van der Waals surface area (Å²) in [7, 11) is 0. The van der Waals surface area contributed by atoms with Gasteiger partial charge in [-0.05, 0) is 47.6 Å². The molecule has 160 valence electrons. The molecule has 4 aromatic carbocycles. The third kappa shape index (κ3) is 5.98. The van der Waals surface area contributed by atoms with E-state index in [0.717, 1.165) is 25.0 Å². The maximum atomic E-state index is 4.35. The van der Waals surface area contributed by atoms with E-state index in [1.165, 1.54) is 33.4 Å². The first kappa shape index (κ1) is 21.6. The fraction of sp³-hybridized carbons (Fsp3) is 0.161. The van der Waals surface area contributed by atoms with Gasteiger partial charge in [0.2, 0.25) is 0 Å². The third-order valence-corrected chi connectivity index (χ3v) is 5.88. The molecule has 4 rings (SSSR count). The summed E-state index contributed by atoms with van der Waals surface area (Å²) in [4.78, 5) is 0. The Balaban J connectivity index is 1.40. The van der Waals surface area contributed by atoms with Gasteiger partial charge in [0.05, 0.1) is 6.04 Å². The van der Waals surface area contributed by atoms with Crippen LogP contribution in [0, 0.1) is 6.92 Å². The van der Waals surface area contributed by atoms with Gasteiger partial charge in [-0.2, -0.15) is 0 Å². The van der Waals surface area contributed by atoms with Crippen molar-refractivity contribution >= 4 is 0 Å². The van der Waals surface area contributed by atoms with Gasteiger partial charge in [-0.3, -0.25) is 0 Å². The lowest BCUT2D eigenvalue weighted by molar-refractivity contribution is 0.678. The Morgan fingerprint density at radius 1 is 0.625 bits per heavy atom. The predicted octanol–water partition coefficient (Wildman–Crippen LogP) is 7.22. The molecular formula is C31H31N. The van der Waals surface area contributed by atoms with Gasteiger partial charge in [-0.1, -0.05) is 121 Å². The summed E-state index contributed by atoms with van der Waals surface area (Å²) in [6.07, 6.45) is 2.95. The average Bonchev–Trinajstić information content (AvgIpc) is 2.84. The average molecular weight is 418 g/mol. The normalized spacial score (nSPS) is 11.7. The Bertz CT molecular complexity index is 1110. The molecule has 0 spiro atoms. The Labute approximate surface area is 192 Å². The molecule has 32 heavy (non-hydrogen) atoms. The number of nitrogens with one attached hydrogen (secondary N) is 1. The van der Waals surface area contributed by atoms with Gasteiger partial charge in [-0.25, -0.2) is 0 Å². The van der Waals surface area contributed by atoms with Crippen molar-refractivity contribution in [2.45, 2.75) is 32.2 Å². The van der Waals surface area contributed by atoms with Crippen molar-refractivity contribution in [2.24, 2.45) is 0 Å². The van der Waals surface area contributed by atoms with Crippen LogP contribution < -0.4 is 5.32 Å². The van der Waals surface area contributed by atoms with E-state index in [1.54, 1.807) is 0 Å².